The van der Waals surface area contributed by atoms with Crippen molar-refractivity contribution >= 4 is 23.2 Å². The summed E-state index contributed by atoms with van der Waals surface area (Å²) >= 11 is 0. The number of hydrogen-bond acceptors (Lipinski definition) is 1. The van der Waals surface area contributed by atoms with E-state index < -0.39 is 7.26 Å². The summed E-state index contributed by atoms with van der Waals surface area (Å²) in [5.74, 6) is 3.28. The Morgan fingerprint density at radius 1 is 0.750 bits per heavy atom. The van der Waals surface area contributed by atoms with Gasteiger partial charge in [0.05, 0.1) is 6.61 Å². The van der Waals surface area contributed by atoms with Crippen LogP contribution in [-0.4, -0.2) is 6.61 Å². The number of hydrogen-bond donors (Lipinski definition) is 0. The number of ether oxygens (including phenoxy) is 1. The molecule has 0 saturated carbocycles. The van der Waals surface area contributed by atoms with E-state index in [1.165, 1.54) is 15.9 Å². The van der Waals surface area contributed by atoms with Gasteiger partial charge in [0, 0.05) is 0 Å². The first-order chi connectivity index (χ1) is 13.3. The van der Waals surface area contributed by atoms with E-state index in [1.54, 1.807) is 0 Å². The molecular formula is C25H26IOP. The summed E-state index contributed by atoms with van der Waals surface area (Å²) in [7, 11) is -2.01. The highest BCUT2D eigenvalue weighted by Gasteiger charge is 2.44. The molecule has 0 fully saturated rings. The Kier molecular flexibility index (Phi) is 8.95. The topological polar surface area (TPSA) is 9.23 Å². The Hall–Kier alpha value is -1.90. The van der Waals surface area contributed by atoms with E-state index in [0.29, 0.717) is 6.61 Å². The van der Waals surface area contributed by atoms with Crippen LogP contribution < -0.4 is 39.9 Å². The van der Waals surface area contributed by atoms with Crippen molar-refractivity contribution in [2.75, 3.05) is 6.61 Å². The maximum Gasteiger partial charge on any atom is 0.154 e. The number of benzene rings is 3. The Morgan fingerprint density at radius 2 is 1.14 bits per heavy atom. The van der Waals surface area contributed by atoms with E-state index in [-0.39, 0.29) is 24.0 Å². The van der Waals surface area contributed by atoms with Gasteiger partial charge < -0.3 is 28.7 Å². The molecule has 3 aromatic rings. The SMILES string of the molecule is C/C=C/C(=C\[P+](c1ccccc1)(c1ccccc1)c1ccccc1)OCC.[I-]. The number of rotatable bonds is 7. The van der Waals surface area contributed by atoms with Crippen molar-refractivity contribution in [3.8, 4) is 0 Å². The van der Waals surface area contributed by atoms with Gasteiger partial charge in [0.15, 0.2) is 5.76 Å². The predicted molar refractivity (Wildman–Crippen MR) is 120 cm³/mol. The van der Waals surface area contributed by atoms with Crippen LogP contribution in [0.1, 0.15) is 13.8 Å². The summed E-state index contributed by atoms with van der Waals surface area (Å²) in [5.41, 5.74) is 0. The molecule has 3 heteroatoms. The Labute approximate surface area is 186 Å². The van der Waals surface area contributed by atoms with Crippen molar-refractivity contribution in [3.63, 3.8) is 0 Å². The quantitative estimate of drug-likeness (QED) is 0.210. The molecule has 0 aliphatic heterocycles. The third-order valence-electron chi connectivity index (χ3n) is 4.45. The molecule has 3 aromatic carbocycles. The second-order valence-corrected chi connectivity index (χ2v) is 9.45. The van der Waals surface area contributed by atoms with Gasteiger partial charge in [0.25, 0.3) is 0 Å². The number of halogens is 1. The molecule has 0 radical (unpaired) electrons. The fourth-order valence-corrected chi connectivity index (χ4v) is 7.12. The molecule has 0 aliphatic rings. The number of allylic oxidation sites excluding steroid dienone is 2. The Morgan fingerprint density at radius 3 is 1.46 bits per heavy atom. The highest BCUT2D eigenvalue weighted by molar-refractivity contribution is 7.98. The van der Waals surface area contributed by atoms with Crippen LogP contribution in [0.3, 0.4) is 0 Å². The lowest BCUT2D eigenvalue weighted by molar-refractivity contribution is -0.00000615. The fraction of sp³-hybridized carbons (Fsp3) is 0.120. The maximum atomic E-state index is 6.00. The largest absolute Gasteiger partial charge is 1.00 e. The molecule has 1 nitrogen and oxygen atoms in total. The van der Waals surface area contributed by atoms with E-state index in [2.05, 4.69) is 103 Å². The summed E-state index contributed by atoms with van der Waals surface area (Å²) in [4.78, 5) is 0. The standard InChI is InChI=1S/C25H26OP.HI/c1-3-14-22(26-4-2)21-27(23-15-8-5-9-16-23,24-17-10-6-11-18-24)25-19-12-7-13-20-25;/h3,5-21H,4H2,1-2H3;1H/q+1;/p-1/b14-3+,22-21+;. The molecule has 0 aliphatic carbocycles. The predicted octanol–water partition coefficient (Wildman–Crippen LogP) is 2.44. The molecule has 144 valence electrons. The van der Waals surface area contributed by atoms with Crippen LogP contribution in [-0.2, 0) is 4.74 Å². The summed E-state index contributed by atoms with van der Waals surface area (Å²) in [6.45, 7) is 4.71. The molecule has 0 aromatic heterocycles. The second kappa shape index (κ2) is 11.2. The van der Waals surface area contributed by atoms with Gasteiger partial charge in [0.2, 0.25) is 0 Å². The van der Waals surface area contributed by atoms with Crippen molar-refractivity contribution in [3.05, 3.63) is 115 Å². The Balaban J connectivity index is 0.00000280. The van der Waals surface area contributed by atoms with E-state index in [4.69, 9.17) is 4.74 Å². The zero-order valence-corrected chi connectivity index (χ0v) is 19.4. The van der Waals surface area contributed by atoms with Gasteiger partial charge >= 0.3 is 0 Å². The van der Waals surface area contributed by atoms with Crippen LogP contribution in [0.5, 0.6) is 0 Å². The van der Waals surface area contributed by atoms with Crippen LogP contribution >= 0.6 is 7.26 Å². The van der Waals surface area contributed by atoms with Gasteiger partial charge in [-0.3, -0.25) is 0 Å². The highest BCUT2D eigenvalue weighted by Crippen LogP contribution is 2.57. The van der Waals surface area contributed by atoms with Crippen molar-refractivity contribution in [1.82, 2.24) is 0 Å². The van der Waals surface area contributed by atoms with Gasteiger partial charge in [0.1, 0.15) is 29.0 Å². The van der Waals surface area contributed by atoms with Crippen LogP contribution in [0, 0.1) is 0 Å². The van der Waals surface area contributed by atoms with E-state index in [9.17, 15) is 0 Å². The lowest BCUT2D eigenvalue weighted by Crippen LogP contribution is -3.00. The molecule has 0 saturated heterocycles. The fourth-order valence-electron chi connectivity index (χ4n) is 3.31. The maximum absolute atomic E-state index is 6.00. The van der Waals surface area contributed by atoms with Crippen LogP contribution in [0.2, 0.25) is 0 Å². The molecular weight excluding hydrogens is 474 g/mol. The molecule has 0 amide bonds. The van der Waals surface area contributed by atoms with Gasteiger partial charge in [-0.1, -0.05) is 60.7 Å². The molecule has 0 spiro atoms. The average Bonchev–Trinajstić information content (AvgIpc) is 2.74. The van der Waals surface area contributed by atoms with Gasteiger partial charge in [-0.15, -0.1) is 0 Å². The monoisotopic (exact) mass is 500 g/mol. The van der Waals surface area contributed by atoms with Crippen molar-refractivity contribution in [2.45, 2.75) is 13.8 Å². The molecule has 0 heterocycles. The van der Waals surface area contributed by atoms with E-state index in [1.807, 2.05) is 19.9 Å². The zero-order valence-electron chi connectivity index (χ0n) is 16.3. The van der Waals surface area contributed by atoms with Gasteiger partial charge in [-0.25, -0.2) is 0 Å². The highest BCUT2D eigenvalue weighted by atomic mass is 127. The van der Waals surface area contributed by atoms with Crippen LogP contribution in [0.15, 0.2) is 115 Å². The lowest BCUT2D eigenvalue weighted by Gasteiger charge is -2.24. The van der Waals surface area contributed by atoms with E-state index in [0.717, 1.165) is 5.76 Å². The second-order valence-electron chi connectivity index (χ2n) is 6.19. The molecule has 0 atom stereocenters. The first kappa shape index (κ1) is 22.4. The Bertz CT molecular complexity index is 793. The summed E-state index contributed by atoms with van der Waals surface area (Å²) in [5, 5.41) is 3.97. The van der Waals surface area contributed by atoms with Crippen LogP contribution in [0.4, 0.5) is 0 Å². The average molecular weight is 500 g/mol. The zero-order chi connectivity index (χ0) is 19.0. The van der Waals surface area contributed by atoms with E-state index >= 15 is 0 Å². The molecule has 3 rings (SSSR count). The minimum Gasteiger partial charge on any atom is -1.00 e. The summed E-state index contributed by atoms with van der Waals surface area (Å²) in [6, 6.07) is 32.4. The molecule has 0 unspecified atom stereocenters. The third kappa shape index (κ3) is 4.92. The van der Waals surface area contributed by atoms with Crippen molar-refractivity contribution in [1.29, 1.82) is 0 Å². The van der Waals surface area contributed by atoms with Gasteiger partial charge in [-0.2, -0.15) is 0 Å². The smallest absolute Gasteiger partial charge is 0.154 e. The summed E-state index contributed by atoms with van der Waals surface area (Å²) in [6.07, 6.45) is 4.10. The molecule has 0 bridgehead atoms. The minimum atomic E-state index is -2.01. The van der Waals surface area contributed by atoms with Gasteiger partial charge in [-0.05, 0) is 56.3 Å². The van der Waals surface area contributed by atoms with Crippen molar-refractivity contribution in [2.24, 2.45) is 0 Å². The third-order valence-corrected chi connectivity index (χ3v) is 8.43. The lowest BCUT2D eigenvalue weighted by atomic mass is 10.4. The molecule has 0 N–H and O–H groups in total. The molecule has 28 heavy (non-hydrogen) atoms. The minimum absolute atomic E-state index is 0. The summed E-state index contributed by atoms with van der Waals surface area (Å²) < 4.78 is 6.00. The van der Waals surface area contributed by atoms with Crippen LogP contribution in [0.25, 0.3) is 0 Å². The normalized spacial score (nSPS) is 11.9. The first-order valence-electron chi connectivity index (χ1n) is 9.35. The van der Waals surface area contributed by atoms with Crippen molar-refractivity contribution < 1.29 is 28.7 Å². The first-order valence-corrected chi connectivity index (χ1v) is 11.2.